The predicted molar refractivity (Wildman–Crippen MR) is 60.0 cm³/mol. The summed E-state index contributed by atoms with van der Waals surface area (Å²) in [6.07, 6.45) is 0.662. The zero-order valence-corrected chi connectivity index (χ0v) is 9.46. The summed E-state index contributed by atoms with van der Waals surface area (Å²) in [7, 11) is 2.09. The van der Waals surface area contributed by atoms with Gasteiger partial charge in [0.2, 0.25) is 0 Å². The first-order chi connectivity index (χ1) is 7.11. The summed E-state index contributed by atoms with van der Waals surface area (Å²) in [4.78, 5) is 2.25. The third-order valence-electron chi connectivity index (χ3n) is 3.69. The molecular weight excluding hydrogens is 210 g/mol. The molecule has 0 amide bonds. The molecule has 1 spiro atoms. The molecule has 1 unspecified atom stereocenters. The molecule has 1 heterocycles. The second-order valence-corrected chi connectivity index (χ2v) is 5.39. The molecule has 3 rings (SSSR count). The summed E-state index contributed by atoms with van der Waals surface area (Å²) in [5, 5.41) is 11.1. The Labute approximate surface area is 94.5 Å². The number of benzene rings is 1. The summed E-state index contributed by atoms with van der Waals surface area (Å²) < 4.78 is 0. The molecule has 0 aromatic heterocycles. The fraction of sp³-hybridized carbons (Fsp3) is 0.500. The van der Waals surface area contributed by atoms with Gasteiger partial charge in [0.1, 0.15) is 0 Å². The van der Waals surface area contributed by atoms with E-state index in [1.807, 2.05) is 18.2 Å². The predicted octanol–water partition coefficient (Wildman–Crippen LogP) is 1.86. The minimum Gasteiger partial charge on any atom is -0.388 e. The van der Waals surface area contributed by atoms with E-state index in [0.717, 1.165) is 30.1 Å². The van der Waals surface area contributed by atoms with E-state index in [4.69, 9.17) is 11.6 Å². The molecule has 1 saturated heterocycles. The van der Waals surface area contributed by atoms with Crippen LogP contribution in [0.1, 0.15) is 17.2 Å². The van der Waals surface area contributed by atoms with Crippen LogP contribution in [0.2, 0.25) is 5.02 Å². The molecule has 1 N–H and O–H groups in total. The fourth-order valence-electron chi connectivity index (χ4n) is 3.11. The second-order valence-electron chi connectivity index (χ2n) is 4.96. The van der Waals surface area contributed by atoms with E-state index in [1.54, 1.807) is 0 Å². The van der Waals surface area contributed by atoms with Crippen molar-refractivity contribution in [3.63, 3.8) is 0 Å². The quantitative estimate of drug-likeness (QED) is 0.726. The molecule has 3 heteroatoms. The summed E-state index contributed by atoms with van der Waals surface area (Å²) in [6, 6.07) is 5.83. The topological polar surface area (TPSA) is 23.5 Å². The summed E-state index contributed by atoms with van der Waals surface area (Å²) in [6.45, 7) is 1.97. The zero-order valence-electron chi connectivity index (χ0n) is 8.70. The molecule has 2 aliphatic rings. The van der Waals surface area contributed by atoms with E-state index in [1.165, 1.54) is 5.56 Å². The average Bonchev–Trinajstić information content (AvgIpc) is 2.39. The van der Waals surface area contributed by atoms with Gasteiger partial charge in [-0.2, -0.15) is 0 Å². The van der Waals surface area contributed by atoms with Crippen LogP contribution in [0.25, 0.3) is 0 Å². The van der Waals surface area contributed by atoms with Gasteiger partial charge in [-0.1, -0.05) is 17.7 Å². The van der Waals surface area contributed by atoms with Gasteiger partial charge in [0.05, 0.1) is 6.10 Å². The molecule has 80 valence electrons. The van der Waals surface area contributed by atoms with Gasteiger partial charge in [-0.3, -0.25) is 0 Å². The number of hydrogen-bond donors (Lipinski definition) is 1. The van der Waals surface area contributed by atoms with Gasteiger partial charge in [0.15, 0.2) is 0 Å². The Morgan fingerprint density at radius 1 is 1.47 bits per heavy atom. The van der Waals surface area contributed by atoms with Crippen LogP contribution in [-0.2, 0) is 6.42 Å². The van der Waals surface area contributed by atoms with Crippen molar-refractivity contribution in [2.45, 2.75) is 12.5 Å². The normalized spacial score (nSPS) is 27.8. The standard InChI is InChI=1S/C12H14ClNO/c1-14-6-12(7-14)5-8-4-9(13)2-3-10(8)11(12)15/h2-4,11,15H,5-7H2,1H3. The van der Waals surface area contributed by atoms with Crippen molar-refractivity contribution >= 4 is 11.6 Å². The van der Waals surface area contributed by atoms with Gasteiger partial charge >= 0.3 is 0 Å². The van der Waals surface area contributed by atoms with Crippen molar-refractivity contribution in [2.75, 3.05) is 20.1 Å². The Hall–Kier alpha value is -0.570. The average molecular weight is 224 g/mol. The molecule has 1 aliphatic carbocycles. The second kappa shape index (κ2) is 2.97. The lowest BCUT2D eigenvalue weighted by Crippen LogP contribution is -2.56. The lowest BCUT2D eigenvalue weighted by atomic mass is 9.75. The first-order valence-corrected chi connectivity index (χ1v) is 5.63. The highest BCUT2D eigenvalue weighted by atomic mass is 35.5. The molecule has 1 fully saturated rings. The minimum atomic E-state index is -0.305. The molecule has 0 bridgehead atoms. The number of nitrogens with zero attached hydrogens (tertiary/aromatic N) is 1. The molecule has 1 aromatic carbocycles. The van der Waals surface area contributed by atoms with Crippen molar-refractivity contribution < 1.29 is 5.11 Å². The molecule has 15 heavy (non-hydrogen) atoms. The molecule has 1 aromatic rings. The first-order valence-electron chi connectivity index (χ1n) is 5.26. The summed E-state index contributed by atoms with van der Waals surface area (Å²) >= 11 is 5.96. The van der Waals surface area contributed by atoms with Crippen LogP contribution < -0.4 is 0 Å². The van der Waals surface area contributed by atoms with E-state index in [0.29, 0.717) is 0 Å². The van der Waals surface area contributed by atoms with Crippen molar-refractivity contribution in [1.82, 2.24) is 4.90 Å². The molecule has 1 atom stereocenters. The summed E-state index contributed by atoms with van der Waals surface area (Å²) in [5.74, 6) is 0. The van der Waals surface area contributed by atoms with Crippen molar-refractivity contribution in [2.24, 2.45) is 5.41 Å². The highest BCUT2D eigenvalue weighted by Gasteiger charge is 2.51. The maximum atomic E-state index is 10.3. The highest BCUT2D eigenvalue weighted by Crippen LogP contribution is 2.51. The number of fused-ring (bicyclic) bond motifs is 1. The molecule has 2 nitrogen and oxygen atoms in total. The van der Waals surface area contributed by atoms with Crippen LogP contribution >= 0.6 is 11.6 Å². The Morgan fingerprint density at radius 3 is 2.87 bits per heavy atom. The molecule has 0 radical (unpaired) electrons. The number of halogens is 1. The van der Waals surface area contributed by atoms with Gasteiger partial charge in [0, 0.05) is 23.5 Å². The molecular formula is C12H14ClNO. The lowest BCUT2D eigenvalue weighted by molar-refractivity contribution is -0.0716. The first kappa shape index (κ1) is 9.64. The SMILES string of the molecule is CN1CC2(Cc3cc(Cl)ccc3C2O)C1. The van der Waals surface area contributed by atoms with Gasteiger partial charge in [-0.05, 0) is 36.7 Å². The Balaban J connectivity index is 1.99. The zero-order chi connectivity index (χ0) is 10.6. The third kappa shape index (κ3) is 1.25. The Morgan fingerprint density at radius 2 is 2.20 bits per heavy atom. The van der Waals surface area contributed by atoms with E-state index in [-0.39, 0.29) is 11.5 Å². The van der Waals surface area contributed by atoms with Crippen LogP contribution in [0.4, 0.5) is 0 Å². The number of rotatable bonds is 0. The smallest absolute Gasteiger partial charge is 0.0876 e. The largest absolute Gasteiger partial charge is 0.388 e. The van der Waals surface area contributed by atoms with E-state index >= 15 is 0 Å². The van der Waals surface area contributed by atoms with Crippen molar-refractivity contribution in [3.05, 3.63) is 34.3 Å². The van der Waals surface area contributed by atoms with Gasteiger partial charge in [-0.15, -0.1) is 0 Å². The summed E-state index contributed by atoms with van der Waals surface area (Å²) in [5.41, 5.74) is 2.37. The van der Waals surface area contributed by atoms with Crippen LogP contribution in [0.5, 0.6) is 0 Å². The highest BCUT2D eigenvalue weighted by molar-refractivity contribution is 6.30. The van der Waals surface area contributed by atoms with Crippen molar-refractivity contribution in [3.8, 4) is 0 Å². The molecule has 0 saturated carbocycles. The number of likely N-dealkylation sites (tertiary alicyclic amines) is 1. The Kier molecular flexibility index (Phi) is 1.91. The lowest BCUT2D eigenvalue weighted by Gasteiger charge is -2.48. The van der Waals surface area contributed by atoms with Crippen molar-refractivity contribution in [1.29, 1.82) is 0 Å². The Bertz CT molecular complexity index is 412. The van der Waals surface area contributed by atoms with Crippen LogP contribution in [0, 0.1) is 5.41 Å². The maximum Gasteiger partial charge on any atom is 0.0876 e. The number of aliphatic hydroxyl groups excluding tert-OH is 1. The van der Waals surface area contributed by atoms with Crippen LogP contribution in [0.15, 0.2) is 18.2 Å². The third-order valence-corrected chi connectivity index (χ3v) is 3.93. The van der Waals surface area contributed by atoms with E-state index in [9.17, 15) is 5.11 Å². The number of hydrogen-bond acceptors (Lipinski definition) is 2. The van der Waals surface area contributed by atoms with Gasteiger partial charge in [-0.25, -0.2) is 0 Å². The monoisotopic (exact) mass is 223 g/mol. The maximum absolute atomic E-state index is 10.3. The van der Waals surface area contributed by atoms with Gasteiger partial charge < -0.3 is 10.0 Å². The number of aliphatic hydroxyl groups is 1. The van der Waals surface area contributed by atoms with Crippen LogP contribution in [0.3, 0.4) is 0 Å². The van der Waals surface area contributed by atoms with Gasteiger partial charge in [0.25, 0.3) is 0 Å². The molecule has 1 aliphatic heterocycles. The van der Waals surface area contributed by atoms with E-state index in [2.05, 4.69) is 11.9 Å². The fourth-order valence-corrected chi connectivity index (χ4v) is 3.31. The van der Waals surface area contributed by atoms with Crippen LogP contribution in [-0.4, -0.2) is 30.1 Å². The minimum absolute atomic E-state index is 0.0712. The van der Waals surface area contributed by atoms with E-state index < -0.39 is 0 Å².